The van der Waals surface area contributed by atoms with Gasteiger partial charge in [-0.25, -0.2) is 0 Å². The number of rotatable bonds is 3. The maximum atomic E-state index is 5.90. The minimum absolute atomic E-state index is 0.780. The van der Waals surface area contributed by atoms with Crippen molar-refractivity contribution in [2.24, 2.45) is 0 Å². The molecule has 2 N–H and O–H groups in total. The van der Waals surface area contributed by atoms with E-state index in [0.717, 1.165) is 34.5 Å². The van der Waals surface area contributed by atoms with Crippen LogP contribution in [-0.4, -0.2) is 14.3 Å². The third kappa shape index (κ3) is 2.12. The van der Waals surface area contributed by atoms with Crippen LogP contribution in [0.25, 0.3) is 10.9 Å². The van der Waals surface area contributed by atoms with E-state index in [1.54, 1.807) is 0 Å². The Balaban J connectivity index is 2.07. The van der Waals surface area contributed by atoms with Gasteiger partial charge in [0.25, 0.3) is 0 Å². The van der Waals surface area contributed by atoms with Crippen molar-refractivity contribution < 1.29 is 0 Å². The monoisotopic (exact) mass is 332 g/mol. The SMILES string of the molecule is CCn1nc(C)c(Br)c1Cn1ccc2ccc(N)cc21. The van der Waals surface area contributed by atoms with Crippen molar-refractivity contribution in [1.29, 1.82) is 0 Å². The molecule has 0 bridgehead atoms. The Bertz CT molecular complexity index is 770. The lowest BCUT2D eigenvalue weighted by Crippen LogP contribution is -2.07. The molecule has 0 amide bonds. The van der Waals surface area contributed by atoms with Crippen molar-refractivity contribution in [3.8, 4) is 0 Å². The zero-order valence-electron chi connectivity index (χ0n) is 11.6. The molecule has 0 unspecified atom stereocenters. The first kappa shape index (κ1) is 13.2. The number of fused-ring (bicyclic) bond motifs is 1. The number of anilines is 1. The molecule has 0 fully saturated rings. The summed E-state index contributed by atoms with van der Waals surface area (Å²) in [5.41, 5.74) is 10.0. The van der Waals surface area contributed by atoms with Crippen LogP contribution in [0.2, 0.25) is 0 Å². The number of benzene rings is 1. The number of hydrogen-bond donors (Lipinski definition) is 1. The molecule has 3 aromatic rings. The number of halogens is 1. The van der Waals surface area contributed by atoms with E-state index in [-0.39, 0.29) is 0 Å². The highest BCUT2D eigenvalue weighted by Gasteiger charge is 2.13. The van der Waals surface area contributed by atoms with Crippen molar-refractivity contribution in [2.75, 3.05) is 5.73 Å². The Labute approximate surface area is 126 Å². The summed E-state index contributed by atoms with van der Waals surface area (Å²) in [5, 5.41) is 5.74. The Hall–Kier alpha value is -1.75. The van der Waals surface area contributed by atoms with Crippen molar-refractivity contribution in [1.82, 2.24) is 14.3 Å². The molecule has 104 valence electrons. The lowest BCUT2D eigenvalue weighted by atomic mass is 10.2. The van der Waals surface area contributed by atoms with Crippen LogP contribution in [0.3, 0.4) is 0 Å². The van der Waals surface area contributed by atoms with Gasteiger partial charge in [-0.3, -0.25) is 4.68 Å². The summed E-state index contributed by atoms with van der Waals surface area (Å²) in [4.78, 5) is 0. The van der Waals surface area contributed by atoms with E-state index in [4.69, 9.17) is 5.73 Å². The smallest absolute Gasteiger partial charge is 0.0739 e. The quantitative estimate of drug-likeness (QED) is 0.745. The lowest BCUT2D eigenvalue weighted by Gasteiger charge is -2.09. The molecule has 0 saturated heterocycles. The van der Waals surface area contributed by atoms with E-state index >= 15 is 0 Å². The molecule has 3 rings (SSSR count). The van der Waals surface area contributed by atoms with E-state index < -0.39 is 0 Å². The number of hydrogen-bond acceptors (Lipinski definition) is 2. The van der Waals surface area contributed by atoms with Crippen LogP contribution in [0.1, 0.15) is 18.3 Å². The Morgan fingerprint density at radius 2 is 2.10 bits per heavy atom. The standard InChI is InChI=1S/C15H17BrN4/c1-3-20-14(15(16)10(2)18-20)9-19-7-6-11-4-5-12(17)8-13(11)19/h4-8H,3,9,17H2,1-2H3. The van der Waals surface area contributed by atoms with Crippen LogP contribution in [0.15, 0.2) is 34.9 Å². The van der Waals surface area contributed by atoms with Crippen LogP contribution in [0.5, 0.6) is 0 Å². The van der Waals surface area contributed by atoms with Gasteiger partial charge in [0.05, 0.1) is 27.9 Å². The fraction of sp³-hybridized carbons (Fsp3) is 0.267. The summed E-state index contributed by atoms with van der Waals surface area (Å²) in [6, 6.07) is 8.12. The van der Waals surface area contributed by atoms with Gasteiger partial charge in [0.15, 0.2) is 0 Å². The third-order valence-electron chi connectivity index (χ3n) is 3.57. The van der Waals surface area contributed by atoms with Gasteiger partial charge < -0.3 is 10.3 Å². The zero-order valence-corrected chi connectivity index (χ0v) is 13.2. The minimum Gasteiger partial charge on any atom is -0.399 e. The molecule has 4 nitrogen and oxygen atoms in total. The second-order valence-electron chi connectivity index (χ2n) is 4.92. The molecule has 0 saturated carbocycles. The highest BCUT2D eigenvalue weighted by atomic mass is 79.9. The second kappa shape index (κ2) is 4.98. The van der Waals surface area contributed by atoms with Gasteiger partial charge in [-0.15, -0.1) is 0 Å². The summed E-state index contributed by atoms with van der Waals surface area (Å²) < 4.78 is 5.33. The Morgan fingerprint density at radius 1 is 1.30 bits per heavy atom. The minimum atomic E-state index is 0.780. The maximum absolute atomic E-state index is 5.90. The first-order valence-electron chi connectivity index (χ1n) is 6.66. The summed E-state index contributed by atoms with van der Waals surface area (Å²) in [7, 11) is 0. The maximum Gasteiger partial charge on any atom is 0.0739 e. The molecular weight excluding hydrogens is 316 g/mol. The first-order chi connectivity index (χ1) is 9.60. The number of aromatic nitrogens is 3. The molecule has 0 atom stereocenters. The molecule has 0 aliphatic carbocycles. The summed E-state index contributed by atoms with van der Waals surface area (Å²) in [6.45, 7) is 5.77. The lowest BCUT2D eigenvalue weighted by molar-refractivity contribution is 0.601. The van der Waals surface area contributed by atoms with Gasteiger partial charge in [-0.05, 0) is 53.4 Å². The molecule has 0 aliphatic heterocycles. The van der Waals surface area contributed by atoms with Crippen LogP contribution in [0, 0.1) is 6.92 Å². The fourth-order valence-corrected chi connectivity index (χ4v) is 2.93. The van der Waals surface area contributed by atoms with Crippen LogP contribution in [-0.2, 0) is 13.1 Å². The molecule has 2 aromatic heterocycles. The number of aryl methyl sites for hydroxylation is 2. The van der Waals surface area contributed by atoms with Gasteiger partial charge in [0.1, 0.15) is 0 Å². The Kier molecular flexibility index (Phi) is 3.30. The zero-order chi connectivity index (χ0) is 14.3. The normalized spacial score (nSPS) is 11.3. The highest BCUT2D eigenvalue weighted by molar-refractivity contribution is 9.10. The fourth-order valence-electron chi connectivity index (χ4n) is 2.52. The highest BCUT2D eigenvalue weighted by Crippen LogP contribution is 2.25. The third-order valence-corrected chi connectivity index (χ3v) is 4.60. The molecule has 1 aromatic carbocycles. The first-order valence-corrected chi connectivity index (χ1v) is 7.45. The van der Waals surface area contributed by atoms with Gasteiger partial charge in [-0.2, -0.15) is 5.10 Å². The van der Waals surface area contributed by atoms with E-state index in [9.17, 15) is 0 Å². The van der Waals surface area contributed by atoms with Gasteiger partial charge in [0, 0.05) is 18.4 Å². The van der Waals surface area contributed by atoms with Crippen LogP contribution < -0.4 is 5.73 Å². The van der Waals surface area contributed by atoms with Crippen molar-refractivity contribution in [2.45, 2.75) is 26.9 Å². The Morgan fingerprint density at radius 3 is 2.85 bits per heavy atom. The van der Waals surface area contributed by atoms with E-state index in [1.165, 1.54) is 11.1 Å². The van der Waals surface area contributed by atoms with Gasteiger partial charge in [-0.1, -0.05) is 6.07 Å². The van der Waals surface area contributed by atoms with E-state index in [0.29, 0.717) is 0 Å². The summed E-state index contributed by atoms with van der Waals surface area (Å²) in [6.07, 6.45) is 2.10. The molecule has 0 aliphatic rings. The molecule has 0 spiro atoms. The van der Waals surface area contributed by atoms with Gasteiger partial charge in [0.2, 0.25) is 0 Å². The number of nitrogens with two attached hydrogens (primary N) is 1. The topological polar surface area (TPSA) is 48.8 Å². The van der Waals surface area contributed by atoms with E-state index in [1.807, 2.05) is 23.7 Å². The summed E-state index contributed by atoms with van der Waals surface area (Å²) >= 11 is 3.64. The molecular formula is C15H17BrN4. The number of nitrogen functional groups attached to an aromatic ring is 1. The van der Waals surface area contributed by atoms with Crippen molar-refractivity contribution >= 4 is 32.5 Å². The molecule has 0 radical (unpaired) electrons. The second-order valence-corrected chi connectivity index (χ2v) is 5.72. The van der Waals surface area contributed by atoms with Gasteiger partial charge >= 0.3 is 0 Å². The van der Waals surface area contributed by atoms with Crippen molar-refractivity contribution in [3.05, 3.63) is 46.3 Å². The van der Waals surface area contributed by atoms with E-state index in [2.05, 4.69) is 50.8 Å². The number of nitrogens with zero attached hydrogens (tertiary/aromatic N) is 3. The average molecular weight is 333 g/mol. The predicted octanol–water partition coefficient (Wildman–Crippen LogP) is 3.56. The van der Waals surface area contributed by atoms with Crippen LogP contribution in [0.4, 0.5) is 5.69 Å². The van der Waals surface area contributed by atoms with Crippen molar-refractivity contribution in [3.63, 3.8) is 0 Å². The molecule has 2 heterocycles. The molecule has 5 heteroatoms. The predicted molar refractivity (Wildman–Crippen MR) is 85.8 cm³/mol. The van der Waals surface area contributed by atoms with Crippen LogP contribution >= 0.6 is 15.9 Å². The summed E-state index contributed by atoms with van der Waals surface area (Å²) in [5.74, 6) is 0. The average Bonchev–Trinajstić information content (AvgIpc) is 2.95. The largest absolute Gasteiger partial charge is 0.399 e. The molecule has 20 heavy (non-hydrogen) atoms.